The number of halogens is 1. The summed E-state index contributed by atoms with van der Waals surface area (Å²) in [5.41, 5.74) is 0.503. The zero-order chi connectivity index (χ0) is 26.0. The number of hydrogen-bond acceptors (Lipinski definition) is 7. The number of rotatable bonds is 11. The maximum atomic E-state index is 14.1. The van der Waals surface area contributed by atoms with E-state index in [0.717, 1.165) is 11.0 Å². The summed E-state index contributed by atoms with van der Waals surface area (Å²) in [6.45, 7) is -0.705. The van der Waals surface area contributed by atoms with Gasteiger partial charge in [0.25, 0.3) is 5.91 Å². The standard InChI is InChI=1S/C25H22FN3O6S/c26-22-6-1-2-7-23(22)29(15-4-14-27)24(30)18-35-25(31)13-10-19-8-11-21(12-9-19)36(32,33)28-17-20-5-3-16-34-20/h1-3,5-13,16,28H,4,15,17-18H2/b13-10+. The molecule has 0 radical (unpaired) electrons. The van der Waals surface area contributed by atoms with Crippen LogP contribution in [0, 0.1) is 17.1 Å². The van der Waals surface area contributed by atoms with Crippen LogP contribution in [0.3, 0.4) is 0 Å². The van der Waals surface area contributed by atoms with Gasteiger partial charge in [-0.2, -0.15) is 5.26 Å². The first-order valence-corrected chi connectivity index (χ1v) is 12.2. The molecule has 0 aliphatic heterocycles. The Bertz CT molecular complexity index is 1360. The van der Waals surface area contributed by atoms with Gasteiger partial charge in [0.1, 0.15) is 11.6 Å². The summed E-state index contributed by atoms with van der Waals surface area (Å²) in [6.07, 6.45) is 3.88. The number of para-hydroxylation sites is 1. The predicted octanol–water partition coefficient (Wildman–Crippen LogP) is 3.40. The maximum Gasteiger partial charge on any atom is 0.331 e. The minimum atomic E-state index is -3.76. The fourth-order valence-corrected chi connectivity index (χ4v) is 4.05. The van der Waals surface area contributed by atoms with Crippen LogP contribution in [0.4, 0.5) is 10.1 Å². The van der Waals surface area contributed by atoms with Crippen molar-refractivity contribution in [2.45, 2.75) is 17.9 Å². The van der Waals surface area contributed by atoms with Crippen LogP contribution >= 0.6 is 0 Å². The monoisotopic (exact) mass is 511 g/mol. The predicted molar refractivity (Wildman–Crippen MR) is 128 cm³/mol. The molecule has 0 unspecified atom stereocenters. The van der Waals surface area contributed by atoms with Crippen LogP contribution in [0.2, 0.25) is 0 Å². The molecule has 11 heteroatoms. The van der Waals surface area contributed by atoms with E-state index in [9.17, 15) is 22.4 Å². The summed E-state index contributed by atoms with van der Waals surface area (Å²) in [5.74, 6) is -1.68. The quantitative estimate of drug-likeness (QED) is 0.308. The number of benzene rings is 2. The molecule has 0 saturated carbocycles. The molecule has 0 spiro atoms. The Hall–Kier alpha value is -4.27. The van der Waals surface area contributed by atoms with Crippen LogP contribution in [-0.2, 0) is 30.9 Å². The first kappa shape index (κ1) is 26.3. The van der Waals surface area contributed by atoms with Gasteiger partial charge in [0.15, 0.2) is 6.61 Å². The van der Waals surface area contributed by atoms with Gasteiger partial charge in [-0.05, 0) is 48.0 Å². The molecular weight excluding hydrogens is 489 g/mol. The van der Waals surface area contributed by atoms with E-state index in [1.165, 1.54) is 54.8 Å². The summed E-state index contributed by atoms with van der Waals surface area (Å²) < 4.78 is 51.3. The third kappa shape index (κ3) is 7.36. The van der Waals surface area contributed by atoms with Gasteiger partial charge in [-0.15, -0.1) is 0 Å². The average Bonchev–Trinajstić information content (AvgIpc) is 3.40. The Labute approximate surface area is 207 Å². The Balaban J connectivity index is 1.55. The van der Waals surface area contributed by atoms with Crippen molar-refractivity contribution in [2.24, 2.45) is 0 Å². The summed E-state index contributed by atoms with van der Waals surface area (Å²) in [7, 11) is -3.76. The second kappa shape index (κ2) is 12.4. The SMILES string of the molecule is N#CCCN(C(=O)COC(=O)/C=C/c1ccc(S(=O)(=O)NCc2ccco2)cc1)c1ccccc1F. The van der Waals surface area contributed by atoms with Crippen LogP contribution in [0.15, 0.2) is 82.3 Å². The lowest BCUT2D eigenvalue weighted by Gasteiger charge is -2.21. The number of furan rings is 1. The van der Waals surface area contributed by atoms with Gasteiger partial charge < -0.3 is 14.1 Å². The van der Waals surface area contributed by atoms with Crippen molar-refractivity contribution in [3.63, 3.8) is 0 Å². The fourth-order valence-electron chi connectivity index (χ4n) is 3.06. The van der Waals surface area contributed by atoms with Crippen LogP contribution in [0.25, 0.3) is 6.08 Å². The number of nitrogens with one attached hydrogen (secondary N) is 1. The van der Waals surface area contributed by atoms with Gasteiger partial charge in [0.05, 0.1) is 35.9 Å². The van der Waals surface area contributed by atoms with Crippen molar-refractivity contribution in [1.29, 1.82) is 5.26 Å². The largest absolute Gasteiger partial charge is 0.468 e. The third-order valence-corrected chi connectivity index (χ3v) is 6.27. The molecule has 1 amide bonds. The molecule has 186 valence electrons. The van der Waals surface area contributed by atoms with Crippen molar-refractivity contribution < 1.29 is 31.6 Å². The first-order valence-electron chi connectivity index (χ1n) is 10.7. The number of esters is 1. The lowest BCUT2D eigenvalue weighted by molar-refractivity contribution is -0.142. The molecule has 1 aromatic heterocycles. The third-order valence-electron chi connectivity index (χ3n) is 4.85. The van der Waals surface area contributed by atoms with E-state index < -0.39 is 34.3 Å². The smallest absolute Gasteiger partial charge is 0.331 e. The van der Waals surface area contributed by atoms with Crippen molar-refractivity contribution in [1.82, 2.24) is 4.72 Å². The van der Waals surface area contributed by atoms with E-state index in [2.05, 4.69) is 4.72 Å². The Kier molecular flexibility index (Phi) is 9.10. The minimum absolute atomic E-state index is 0.00635. The van der Waals surface area contributed by atoms with E-state index >= 15 is 0 Å². The summed E-state index contributed by atoms with van der Waals surface area (Å²) in [6, 6.07) is 16.5. The summed E-state index contributed by atoms with van der Waals surface area (Å²) in [5, 5.41) is 8.82. The molecule has 0 saturated heterocycles. The molecule has 9 nitrogen and oxygen atoms in total. The summed E-state index contributed by atoms with van der Waals surface area (Å²) in [4.78, 5) is 25.7. The molecule has 0 bridgehead atoms. The molecule has 2 aromatic carbocycles. The lowest BCUT2D eigenvalue weighted by Crippen LogP contribution is -2.36. The fraction of sp³-hybridized carbons (Fsp3) is 0.160. The second-order valence-electron chi connectivity index (χ2n) is 7.32. The van der Waals surface area contributed by atoms with Crippen molar-refractivity contribution in [3.05, 3.63) is 90.1 Å². The van der Waals surface area contributed by atoms with Gasteiger partial charge in [-0.3, -0.25) is 4.79 Å². The molecule has 1 heterocycles. The maximum absolute atomic E-state index is 14.1. The van der Waals surface area contributed by atoms with Crippen LogP contribution in [0.1, 0.15) is 17.7 Å². The number of carbonyl (C=O) groups is 2. The van der Waals surface area contributed by atoms with Crippen LogP contribution in [-0.4, -0.2) is 33.4 Å². The second-order valence-corrected chi connectivity index (χ2v) is 9.09. The topological polar surface area (TPSA) is 130 Å². The molecule has 3 aromatic rings. The Morgan fingerprint density at radius 2 is 1.86 bits per heavy atom. The highest BCUT2D eigenvalue weighted by atomic mass is 32.2. The highest BCUT2D eigenvalue weighted by molar-refractivity contribution is 7.89. The zero-order valence-electron chi connectivity index (χ0n) is 19.0. The van der Waals surface area contributed by atoms with Crippen molar-refractivity contribution in [2.75, 3.05) is 18.1 Å². The minimum Gasteiger partial charge on any atom is -0.468 e. The number of amides is 1. The number of sulfonamides is 1. The molecule has 0 aliphatic rings. The van der Waals surface area contributed by atoms with Gasteiger partial charge in [-0.1, -0.05) is 24.3 Å². The number of nitrogens with zero attached hydrogens (tertiary/aromatic N) is 2. The lowest BCUT2D eigenvalue weighted by atomic mass is 10.2. The van der Waals surface area contributed by atoms with Crippen molar-refractivity contribution >= 4 is 33.7 Å². The molecule has 3 rings (SSSR count). The van der Waals surface area contributed by atoms with Gasteiger partial charge in [-0.25, -0.2) is 22.3 Å². The van der Waals surface area contributed by atoms with Gasteiger partial charge in [0.2, 0.25) is 10.0 Å². The zero-order valence-corrected chi connectivity index (χ0v) is 19.8. The number of carbonyl (C=O) groups excluding carboxylic acids is 2. The Morgan fingerprint density at radius 1 is 1.11 bits per heavy atom. The number of hydrogen-bond donors (Lipinski definition) is 1. The summed E-state index contributed by atoms with van der Waals surface area (Å²) >= 11 is 0. The molecule has 1 N–H and O–H groups in total. The van der Waals surface area contributed by atoms with Gasteiger partial charge in [0, 0.05) is 12.6 Å². The number of ether oxygens (including phenoxy) is 1. The van der Waals surface area contributed by atoms with E-state index in [1.54, 1.807) is 18.2 Å². The highest BCUT2D eigenvalue weighted by Gasteiger charge is 2.20. The number of nitriles is 1. The van der Waals surface area contributed by atoms with E-state index in [-0.39, 0.29) is 30.1 Å². The Morgan fingerprint density at radius 3 is 2.53 bits per heavy atom. The van der Waals surface area contributed by atoms with Crippen LogP contribution in [0.5, 0.6) is 0 Å². The van der Waals surface area contributed by atoms with E-state index in [4.69, 9.17) is 14.4 Å². The highest BCUT2D eigenvalue weighted by Crippen LogP contribution is 2.19. The molecule has 36 heavy (non-hydrogen) atoms. The number of anilines is 1. The molecule has 0 atom stereocenters. The molecular formula is C25H22FN3O6S. The normalized spacial score (nSPS) is 11.2. The van der Waals surface area contributed by atoms with E-state index in [0.29, 0.717) is 11.3 Å². The molecule has 0 aliphatic carbocycles. The first-order chi connectivity index (χ1) is 17.3. The molecule has 0 fully saturated rings. The van der Waals surface area contributed by atoms with Crippen molar-refractivity contribution in [3.8, 4) is 6.07 Å². The van der Waals surface area contributed by atoms with Crippen LogP contribution < -0.4 is 9.62 Å². The van der Waals surface area contributed by atoms with Gasteiger partial charge >= 0.3 is 5.97 Å². The van der Waals surface area contributed by atoms with E-state index in [1.807, 2.05) is 6.07 Å². The average molecular weight is 512 g/mol.